The third-order valence-corrected chi connectivity index (χ3v) is 3.46. The Hall–Kier alpha value is -2.96. The quantitative estimate of drug-likeness (QED) is 0.697. The fraction of sp³-hybridized carbons (Fsp3) is 0.333. The lowest BCUT2D eigenvalue weighted by atomic mass is 10.0. The number of para-hydroxylation sites is 1. The normalized spacial score (nSPS) is 11.6. The lowest BCUT2D eigenvalue weighted by Gasteiger charge is -2.14. The molecule has 0 radical (unpaired) electrons. The van der Waals surface area contributed by atoms with E-state index in [1.54, 1.807) is 18.6 Å². The number of hydrogen-bond acceptors (Lipinski definition) is 6. The molecule has 132 valence electrons. The van der Waals surface area contributed by atoms with Crippen LogP contribution in [-0.2, 0) is 27.4 Å². The molecular formula is C18H20N2O5. The molecule has 0 bridgehead atoms. The van der Waals surface area contributed by atoms with Gasteiger partial charge in [-0.1, -0.05) is 18.2 Å². The van der Waals surface area contributed by atoms with Gasteiger partial charge in [0.2, 0.25) is 0 Å². The molecular weight excluding hydrogens is 324 g/mol. The number of aliphatic carboxylic acids is 1. The fourth-order valence-corrected chi connectivity index (χ4v) is 2.32. The minimum Gasteiger partial charge on any atom is -0.487 e. The minimum absolute atomic E-state index is 0.243. The van der Waals surface area contributed by atoms with Crippen LogP contribution in [0.15, 0.2) is 42.9 Å². The lowest BCUT2D eigenvalue weighted by molar-refractivity contribution is -0.162. The zero-order chi connectivity index (χ0) is 18.1. The number of benzene rings is 1. The molecule has 1 aromatic carbocycles. The van der Waals surface area contributed by atoms with Crippen LogP contribution in [0.4, 0.5) is 0 Å². The molecule has 0 aliphatic rings. The second-order valence-corrected chi connectivity index (χ2v) is 5.42. The molecule has 0 unspecified atom stereocenters. The van der Waals surface area contributed by atoms with E-state index in [9.17, 15) is 9.59 Å². The van der Waals surface area contributed by atoms with Gasteiger partial charge in [-0.25, -0.2) is 4.79 Å². The van der Waals surface area contributed by atoms with Crippen molar-refractivity contribution in [3.8, 4) is 5.75 Å². The topological polar surface area (TPSA) is 98.6 Å². The van der Waals surface area contributed by atoms with Crippen LogP contribution in [0.2, 0.25) is 0 Å². The number of nitrogens with zero attached hydrogens (tertiary/aromatic N) is 2. The van der Waals surface area contributed by atoms with Crippen molar-refractivity contribution >= 4 is 11.9 Å². The predicted molar refractivity (Wildman–Crippen MR) is 88.9 cm³/mol. The number of rotatable bonds is 9. The van der Waals surface area contributed by atoms with Crippen molar-refractivity contribution in [1.29, 1.82) is 0 Å². The zero-order valence-electron chi connectivity index (χ0n) is 13.9. The Morgan fingerprint density at radius 3 is 2.72 bits per heavy atom. The van der Waals surface area contributed by atoms with Crippen molar-refractivity contribution in [3.05, 3.63) is 54.1 Å². The molecule has 0 saturated carbocycles. The van der Waals surface area contributed by atoms with Gasteiger partial charge in [0.15, 0.2) is 6.10 Å². The maximum atomic E-state index is 11.1. The molecule has 0 saturated heterocycles. The van der Waals surface area contributed by atoms with E-state index in [1.807, 2.05) is 24.3 Å². The largest absolute Gasteiger partial charge is 0.487 e. The van der Waals surface area contributed by atoms with Crippen LogP contribution in [0.5, 0.6) is 5.75 Å². The summed E-state index contributed by atoms with van der Waals surface area (Å²) in [6, 6.07) is 7.54. The summed E-state index contributed by atoms with van der Waals surface area (Å²) in [4.78, 5) is 30.2. The van der Waals surface area contributed by atoms with Gasteiger partial charge in [0.25, 0.3) is 0 Å². The molecule has 0 spiro atoms. The van der Waals surface area contributed by atoms with Gasteiger partial charge in [0.05, 0.1) is 11.9 Å². The molecule has 0 fully saturated rings. The second-order valence-electron chi connectivity index (χ2n) is 5.42. The summed E-state index contributed by atoms with van der Waals surface area (Å²) in [7, 11) is 0. The van der Waals surface area contributed by atoms with Gasteiger partial charge in [-0.05, 0) is 30.9 Å². The maximum Gasteiger partial charge on any atom is 0.345 e. The number of ether oxygens (including phenoxy) is 2. The molecule has 1 N–H and O–H groups in total. The van der Waals surface area contributed by atoms with E-state index in [0.29, 0.717) is 25.2 Å². The molecule has 0 aliphatic heterocycles. The van der Waals surface area contributed by atoms with Gasteiger partial charge < -0.3 is 14.6 Å². The first-order valence-corrected chi connectivity index (χ1v) is 7.92. The van der Waals surface area contributed by atoms with Crippen LogP contribution in [0.1, 0.15) is 31.0 Å². The molecule has 1 aromatic heterocycles. The first kappa shape index (κ1) is 18.4. The van der Waals surface area contributed by atoms with Crippen LogP contribution in [0, 0.1) is 0 Å². The van der Waals surface area contributed by atoms with Gasteiger partial charge in [0, 0.05) is 19.3 Å². The van der Waals surface area contributed by atoms with Crippen LogP contribution in [0.3, 0.4) is 0 Å². The number of carbonyl (C=O) groups excluding carboxylic acids is 1. The van der Waals surface area contributed by atoms with Crippen LogP contribution in [-0.4, -0.2) is 33.1 Å². The predicted octanol–water partition coefficient (Wildman–Crippen LogP) is 2.39. The Bertz CT molecular complexity index is 706. The average Bonchev–Trinajstić information content (AvgIpc) is 2.60. The summed E-state index contributed by atoms with van der Waals surface area (Å²) >= 11 is 0. The molecule has 2 aromatic rings. The number of aromatic nitrogens is 2. The first-order valence-electron chi connectivity index (χ1n) is 7.92. The Labute approximate surface area is 145 Å². The third kappa shape index (κ3) is 6.21. The number of carboxylic acid groups (broad SMARTS) is 1. The van der Waals surface area contributed by atoms with Crippen LogP contribution in [0.25, 0.3) is 0 Å². The minimum atomic E-state index is -1.14. The van der Waals surface area contributed by atoms with Gasteiger partial charge in [-0.2, -0.15) is 0 Å². The Morgan fingerprint density at radius 1 is 1.24 bits per heavy atom. The van der Waals surface area contributed by atoms with E-state index < -0.39 is 18.0 Å². The molecule has 7 nitrogen and oxygen atoms in total. The Morgan fingerprint density at radius 2 is 2.04 bits per heavy atom. The number of carbonyl (C=O) groups is 2. The van der Waals surface area contributed by atoms with Crippen molar-refractivity contribution in [1.82, 2.24) is 9.97 Å². The number of hydrogen-bond donors (Lipinski definition) is 1. The van der Waals surface area contributed by atoms with E-state index >= 15 is 0 Å². The van der Waals surface area contributed by atoms with Crippen molar-refractivity contribution in [2.75, 3.05) is 0 Å². The molecule has 1 heterocycles. The molecule has 0 amide bonds. The monoisotopic (exact) mass is 344 g/mol. The van der Waals surface area contributed by atoms with Gasteiger partial charge in [0.1, 0.15) is 12.4 Å². The number of aryl methyl sites for hydroxylation is 1. The van der Waals surface area contributed by atoms with E-state index in [1.165, 1.54) is 6.92 Å². The average molecular weight is 344 g/mol. The second kappa shape index (κ2) is 9.36. The highest BCUT2D eigenvalue weighted by Crippen LogP contribution is 2.21. The highest BCUT2D eigenvalue weighted by atomic mass is 16.6. The van der Waals surface area contributed by atoms with Crippen molar-refractivity contribution in [2.24, 2.45) is 0 Å². The summed E-state index contributed by atoms with van der Waals surface area (Å²) in [6.07, 6.45) is 5.12. The van der Waals surface area contributed by atoms with Crippen molar-refractivity contribution in [3.63, 3.8) is 0 Å². The van der Waals surface area contributed by atoms with Crippen molar-refractivity contribution < 1.29 is 24.2 Å². The Kier molecular flexibility index (Phi) is 6.88. The summed E-state index contributed by atoms with van der Waals surface area (Å²) in [6.45, 7) is 1.50. The van der Waals surface area contributed by atoms with E-state index in [2.05, 4.69) is 9.97 Å². The SMILES string of the molecule is CC(=O)O[C@H](CCCc1ccccc1OCc1cnccn1)C(=O)O. The zero-order valence-corrected chi connectivity index (χ0v) is 13.9. The number of carboxylic acids is 1. The van der Waals surface area contributed by atoms with Gasteiger partial charge in [-0.3, -0.25) is 14.8 Å². The molecule has 2 rings (SSSR count). The summed E-state index contributed by atoms with van der Waals surface area (Å²) in [5.41, 5.74) is 1.68. The third-order valence-electron chi connectivity index (χ3n) is 3.46. The standard InChI is InChI=1S/C18H20N2O5/c1-13(21)25-17(18(22)23)8-4-6-14-5-2-3-7-16(14)24-12-15-11-19-9-10-20-15/h2-3,5,7,9-11,17H,4,6,8,12H2,1H3,(H,22,23)/t17-/m1/s1. The van der Waals surface area contributed by atoms with Gasteiger partial charge >= 0.3 is 11.9 Å². The van der Waals surface area contributed by atoms with Crippen molar-refractivity contribution in [2.45, 2.75) is 38.9 Å². The highest BCUT2D eigenvalue weighted by molar-refractivity contribution is 5.76. The highest BCUT2D eigenvalue weighted by Gasteiger charge is 2.20. The Balaban J connectivity index is 1.91. The molecule has 7 heteroatoms. The first-order chi connectivity index (χ1) is 12.1. The van der Waals surface area contributed by atoms with E-state index in [0.717, 1.165) is 11.3 Å². The van der Waals surface area contributed by atoms with Gasteiger partial charge in [-0.15, -0.1) is 0 Å². The number of esters is 1. The van der Waals surface area contributed by atoms with E-state index in [4.69, 9.17) is 14.6 Å². The van der Waals surface area contributed by atoms with Crippen LogP contribution >= 0.6 is 0 Å². The summed E-state index contributed by atoms with van der Waals surface area (Å²) in [5.74, 6) is -1.02. The summed E-state index contributed by atoms with van der Waals surface area (Å²) < 4.78 is 10.6. The fourth-order valence-electron chi connectivity index (χ4n) is 2.32. The molecule has 25 heavy (non-hydrogen) atoms. The smallest absolute Gasteiger partial charge is 0.345 e. The maximum absolute atomic E-state index is 11.1. The van der Waals surface area contributed by atoms with E-state index in [-0.39, 0.29) is 6.42 Å². The summed E-state index contributed by atoms with van der Waals surface area (Å²) in [5, 5.41) is 9.07. The molecule has 0 aliphatic carbocycles. The molecule has 1 atom stereocenters. The van der Waals surface area contributed by atoms with Crippen LogP contribution < -0.4 is 4.74 Å². The lowest BCUT2D eigenvalue weighted by Crippen LogP contribution is -2.26.